The van der Waals surface area contributed by atoms with Crippen LogP contribution in [0, 0.1) is 6.92 Å². The van der Waals surface area contributed by atoms with E-state index >= 15 is 0 Å². The molecule has 0 aliphatic heterocycles. The van der Waals surface area contributed by atoms with Crippen molar-refractivity contribution >= 4 is 170 Å². The second-order valence-electron chi connectivity index (χ2n) is 21.0. The number of rotatable bonds is 20. The summed E-state index contributed by atoms with van der Waals surface area (Å²) in [5.41, 5.74) is 39.2. The summed E-state index contributed by atoms with van der Waals surface area (Å²) in [7, 11) is 11.0. The molecule has 0 radical (unpaired) electrons. The zero-order valence-corrected chi connectivity index (χ0v) is 58.3. The molecular formula is C60H74Cl6N30. The number of anilines is 17. The first kappa shape index (κ1) is 74.9. The molecule has 36 heteroatoms. The van der Waals surface area contributed by atoms with Gasteiger partial charge in [0.15, 0.2) is 0 Å². The van der Waals surface area contributed by atoms with Crippen molar-refractivity contribution in [2.24, 2.45) is 0 Å². The van der Waals surface area contributed by atoms with Crippen LogP contribution in [0.4, 0.5) is 101 Å². The van der Waals surface area contributed by atoms with Crippen LogP contribution in [0.1, 0.15) is 36.1 Å². The standard InChI is InChI=1S/C14H17Cl3N6.C13H17ClN6.C12H15ClN6.C11H13ClN6.C10H12N6/c1-7(2)20-14-22-12(18)21-13(23-14)19-4-3-8-5-10(16)11(17)6-9(8)15;1-20(2)13-18-11(15)17-12(19-13)16-8-7-9-5-3-4-6-10(9)14;1-19(2)12-17-10(14)16-11(18-12)15-7-8-5-3-4-6-9(8)13;1-18(2)11-16-9(13)15-10(17-11)14-8-6-4-3-5-7(8)12;1-6-3-2-4-7(5-6)13-10-15-8(11)14-9(12)16-10/h5-7H,3-4H2,1-2H3,(H4,18,19,20,21,22,23);3-6H,7-8H2,1-2H3,(H3,15,16,17,18,19);3-6H,7H2,1-2H3,(H3,14,15,16,17,18);3-6H,1-2H3,(H3,13,14,15,16,17);2-5H,1H3,(H5,11,12,13,14,15,16). The highest BCUT2D eigenvalue weighted by Gasteiger charge is 2.13. The summed E-state index contributed by atoms with van der Waals surface area (Å²) in [5, 5.41) is 21.9. The van der Waals surface area contributed by atoms with Gasteiger partial charge in [-0.05, 0) is 104 Å². The predicted octanol–water partition coefficient (Wildman–Crippen LogP) is 10.5. The quantitative estimate of drug-likeness (QED) is 0.0315. The largest absolute Gasteiger partial charge is 0.368 e. The van der Waals surface area contributed by atoms with Crippen molar-refractivity contribution in [3.8, 4) is 0 Å². The molecule has 5 heterocycles. The number of hydrogen-bond donors (Lipinski definition) is 12. The van der Waals surface area contributed by atoms with Crippen LogP contribution in [-0.4, -0.2) is 136 Å². The predicted molar refractivity (Wildman–Crippen MR) is 393 cm³/mol. The number of hydrogen-bond acceptors (Lipinski definition) is 30. The molecule has 5 aromatic carbocycles. The van der Waals surface area contributed by atoms with Crippen LogP contribution in [0.15, 0.2) is 109 Å². The Morgan fingerprint density at radius 2 is 0.781 bits per heavy atom. The molecule has 0 spiro atoms. The van der Waals surface area contributed by atoms with Crippen molar-refractivity contribution in [2.45, 2.75) is 46.2 Å². The number of nitrogens with two attached hydrogens (primary N) is 6. The first-order valence-corrected chi connectivity index (χ1v) is 31.2. The Balaban J connectivity index is 0.000000191. The fraction of sp³-hybridized carbons (Fsp3) is 0.250. The van der Waals surface area contributed by atoms with Gasteiger partial charge in [-0.2, -0.15) is 74.8 Å². The maximum atomic E-state index is 6.15. The molecule has 0 aliphatic rings. The van der Waals surface area contributed by atoms with Gasteiger partial charge in [0.1, 0.15) is 0 Å². The van der Waals surface area contributed by atoms with E-state index in [1.807, 2.05) is 154 Å². The topological polar surface area (TPSA) is 431 Å². The van der Waals surface area contributed by atoms with Gasteiger partial charge in [-0.1, -0.05) is 130 Å². The summed E-state index contributed by atoms with van der Waals surface area (Å²) < 4.78 is 0. The van der Waals surface area contributed by atoms with Gasteiger partial charge in [0.2, 0.25) is 89.2 Å². The van der Waals surface area contributed by atoms with E-state index in [1.165, 1.54) is 0 Å². The van der Waals surface area contributed by atoms with E-state index in [1.54, 1.807) is 32.9 Å². The third kappa shape index (κ3) is 25.7. The Morgan fingerprint density at radius 3 is 1.29 bits per heavy atom. The molecule has 10 aromatic rings. The summed E-state index contributed by atoms with van der Waals surface area (Å²) in [6.07, 6.45) is 1.41. The molecule has 96 heavy (non-hydrogen) atoms. The van der Waals surface area contributed by atoms with Gasteiger partial charge in [-0.25, -0.2) is 0 Å². The van der Waals surface area contributed by atoms with Gasteiger partial charge in [0, 0.05) is 88.7 Å². The van der Waals surface area contributed by atoms with E-state index in [0.29, 0.717) is 105 Å². The van der Waals surface area contributed by atoms with Crippen LogP contribution in [0.5, 0.6) is 0 Å². The second kappa shape index (κ2) is 37.1. The normalized spacial score (nSPS) is 10.4. The molecular weight excluding hydrogens is 1350 g/mol. The molecule has 0 aliphatic carbocycles. The van der Waals surface area contributed by atoms with Crippen molar-refractivity contribution in [3.05, 3.63) is 162 Å². The highest BCUT2D eigenvalue weighted by atomic mass is 35.5. The Labute approximate surface area is 585 Å². The molecule has 0 fully saturated rings. The van der Waals surface area contributed by atoms with E-state index in [-0.39, 0.29) is 41.7 Å². The third-order valence-electron chi connectivity index (χ3n) is 12.1. The number of nitrogen functional groups attached to an aromatic ring is 6. The van der Waals surface area contributed by atoms with Gasteiger partial charge in [0.05, 0.1) is 20.8 Å². The lowest BCUT2D eigenvalue weighted by molar-refractivity contribution is 0.866. The van der Waals surface area contributed by atoms with Crippen LogP contribution in [0.2, 0.25) is 30.1 Å². The van der Waals surface area contributed by atoms with Crippen molar-refractivity contribution < 1.29 is 0 Å². The highest BCUT2D eigenvalue weighted by Crippen LogP contribution is 2.30. The lowest BCUT2D eigenvalue weighted by Crippen LogP contribution is -2.17. The van der Waals surface area contributed by atoms with Gasteiger partial charge >= 0.3 is 0 Å². The summed E-state index contributed by atoms with van der Waals surface area (Å²) in [6.45, 7) is 7.72. The number of nitrogens with zero attached hydrogens (tertiary/aromatic N) is 18. The molecule has 10 rings (SSSR count). The molecule has 0 saturated heterocycles. The average molecular weight is 1430 g/mol. The average Bonchev–Trinajstić information content (AvgIpc) is 1.31. The number of benzene rings is 5. The van der Waals surface area contributed by atoms with Gasteiger partial charge in [0.25, 0.3) is 0 Å². The zero-order chi connectivity index (χ0) is 70.0. The number of aryl methyl sites for hydroxylation is 1. The van der Waals surface area contributed by atoms with Gasteiger partial charge in [-0.15, -0.1) is 0 Å². The van der Waals surface area contributed by atoms with E-state index in [9.17, 15) is 0 Å². The minimum Gasteiger partial charge on any atom is -0.368 e. The second-order valence-corrected chi connectivity index (χ2v) is 23.4. The summed E-state index contributed by atoms with van der Waals surface area (Å²) >= 11 is 36.3. The molecule has 30 nitrogen and oxygen atoms in total. The molecule has 0 saturated carbocycles. The molecule has 506 valence electrons. The molecule has 0 bridgehead atoms. The lowest BCUT2D eigenvalue weighted by atomic mass is 10.1. The number of nitrogens with one attached hydrogen (secondary N) is 6. The third-order valence-corrected chi connectivity index (χ3v) is 14.2. The monoisotopic (exact) mass is 1420 g/mol. The number of para-hydroxylation sites is 1. The smallest absolute Gasteiger partial charge is 0.233 e. The van der Waals surface area contributed by atoms with Gasteiger partial charge < -0.3 is 81.0 Å². The number of aromatic nitrogens is 15. The number of halogens is 6. The highest BCUT2D eigenvalue weighted by molar-refractivity contribution is 6.43. The van der Waals surface area contributed by atoms with E-state index in [4.69, 9.17) is 104 Å². The molecule has 18 N–H and O–H groups in total. The van der Waals surface area contributed by atoms with Crippen molar-refractivity contribution in [3.63, 3.8) is 0 Å². The van der Waals surface area contributed by atoms with E-state index in [2.05, 4.69) is 107 Å². The molecule has 0 amide bonds. The first-order valence-electron chi connectivity index (χ1n) is 29.0. The fourth-order valence-corrected chi connectivity index (χ4v) is 8.92. The first-order chi connectivity index (χ1) is 45.7. The zero-order valence-electron chi connectivity index (χ0n) is 53.8. The van der Waals surface area contributed by atoms with Crippen molar-refractivity contribution in [1.82, 2.24) is 74.8 Å². The Hall–Kier alpha value is -10.1. The Kier molecular flexibility index (Phi) is 29.0. The van der Waals surface area contributed by atoms with Crippen LogP contribution in [0.3, 0.4) is 0 Å². The van der Waals surface area contributed by atoms with Crippen LogP contribution in [-0.2, 0) is 19.4 Å². The summed E-state index contributed by atoms with van der Waals surface area (Å²) in [4.78, 5) is 66.0. The van der Waals surface area contributed by atoms with E-state index in [0.717, 1.165) is 45.1 Å². The summed E-state index contributed by atoms with van der Waals surface area (Å²) in [5.74, 6) is 4.83. The Bertz CT molecular complexity index is 4110. The summed E-state index contributed by atoms with van der Waals surface area (Å²) in [6, 6.07) is 34.1. The molecule has 0 atom stereocenters. The fourth-order valence-electron chi connectivity index (χ4n) is 7.64. The lowest BCUT2D eigenvalue weighted by Gasteiger charge is -2.12. The molecule has 5 aromatic heterocycles. The van der Waals surface area contributed by atoms with Crippen LogP contribution < -0.4 is 81.0 Å². The Morgan fingerprint density at radius 1 is 0.365 bits per heavy atom. The minimum atomic E-state index is 0.0997. The SMILES string of the molecule is CC(C)Nc1nc(N)nc(NCCc2cc(Cl)c(Cl)cc2Cl)n1.CN(C)c1nc(N)nc(NCCc2ccccc2Cl)n1.CN(C)c1nc(N)nc(NCc2ccccc2Cl)n1.CN(C)c1nc(N)nc(Nc2ccccc2Cl)n1.Cc1cccc(Nc2nc(N)nc(N)n2)c1. The van der Waals surface area contributed by atoms with Crippen LogP contribution >= 0.6 is 69.6 Å². The van der Waals surface area contributed by atoms with Crippen molar-refractivity contribution in [2.75, 3.05) is 136 Å². The van der Waals surface area contributed by atoms with Gasteiger partial charge in [-0.3, -0.25) is 0 Å². The maximum Gasteiger partial charge on any atom is 0.233 e. The van der Waals surface area contributed by atoms with E-state index < -0.39 is 0 Å². The maximum absolute atomic E-state index is 6.15. The van der Waals surface area contributed by atoms with Crippen molar-refractivity contribution in [1.29, 1.82) is 0 Å². The van der Waals surface area contributed by atoms with Crippen LogP contribution in [0.25, 0.3) is 0 Å². The molecule has 0 unspecified atom stereocenters. The minimum absolute atomic E-state index is 0.0997.